The molecule has 21 heavy (non-hydrogen) atoms. The molecule has 1 aromatic carbocycles. The van der Waals surface area contributed by atoms with Crippen LogP contribution in [-0.2, 0) is 6.54 Å². The number of rotatable bonds is 2. The predicted molar refractivity (Wildman–Crippen MR) is 77.8 cm³/mol. The zero-order valence-corrected chi connectivity index (χ0v) is 11.3. The van der Waals surface area contributed by atoms with E-state index in [1.807, 2.05) is 0 Å². The number of nitrogens with one attached hydrogen (secondary N) is 2. The van der Waals surface area contributed by atoms with Gasteiger partial charge in [0.15, 0.2) is 0 Å². The standard InChI is InChI=1S/C13H9ClN4O3/c14-8-5-18(13(21)17-12(8)20)6-10-15-9-4-2-1-3-7(9)11(19)16-10/h1-5H,6H2,(H,15,16,19)(H,17,20,21). The molecule has 0 unspecified atom stereocenters. The van der Waals surface area contributed by atoms with Gasteiger partial charge in [0.2, 0.25) is 0 Å². The minimum atomic E-state index is -0.655. The van der Waals surface area contributed by atoms with E-state index in [-0.39, 0.29) is 17.1 Å². The van der Waals surface area contributed by atoms with Gasteiger partial charge in [-0.2, -0.15) is 0 Å². The van der Waals surface area contributed by atoms with Gasteiger partial charge in [0.1, 0.15) is 10.8 Å². The fourth-order valence-corrected chi connectivity index (χ4v) is 2.14. The molecule has 106 valence electrons. The maximum absolute atomic E-state index is 11.9. The molecule has 0 aliphatic rings. The topological polar surface area (TPSA) is 101 Å². The Hall–Kier alpha value is -2.67. The number of hydrogen-bond donors (Lipinski definition) is 2. The summed E-state index contributed by atoms with van der Waals surface area (Å²) < 4.78 is 1.16. The van der Waals surface area contributed by atoms with Gasteiger partial charge in [0.05, 0.1) is 17.4 Å². The Kier molecular flexibility index (Phi) is 3.19. The van der Waals surface area contributed by atoms with E-state index in [9.17, 15) is 14.4 Å². The first-order chi connectivity index (χ1) is 10.0. The van der Waals surface area contributed by atoms with Crippen molar-refractivity contribution in [1.29, 1.82) is 0 Å². The first kappa shape index (κ1) is 13.3. The summed E-state index contributed by atoms with van der Waals surface area (Å²) in [4.78, 5) is 43.8. The zero-order valence-electron chi connectivity index (χ0n) is 10.6. The van der Waals surface area contributed by atoms with Crippen molar-refractivity contribution < 1.29 is 0 Å². The summed E-state index contributed by atoms with van der Waals surface area (Å²) in [5, 5.41) is 0.353. The second-order valence-corrected chi connectivity index (χ2v) is 4.80. The molecule has 0 amide bonds. The van der Waals surface area contributed by atoms with Crippen LogP contribution in [0.2, 0.25) is 5.02 Å². The van der Waals surface area contributed by atoms with Crippen LogP contribution in [0.1, 0.15) is 5.82 Å². The third kappa shape index (κ3) is 2.50. The highest BCUT2D eigenvalue weighted by molar-refractivity contribution is 6.30. The van der Waals surface area contributed by atoms with Gasteiger partial charge in [0.25, 0.3) is 11.1 Å². The molecule has 0 saturated heterocycles. The number of halogens is 1. The van der Waals surface area contributed by atoms with Crippen molar-refractivity contribution in [3.63, 3.8) is 0 Å². The van der Waals surface area contributed by atoms with Gasteiger partial charge in [-0.3, -0.25) is 19.1 Å². The average Bonchev–Trinajstić information content (AvgIpc) is 2.45. The van der Waals surface area contributed by atoms with Crippen molar-refractivity contribution in [3.05, 3.63) is 72.5 Å². The van der Waals surface area contributed by atoms with E-state index in [0.29, 0.717) is 16.7 Å². The lowest BCUT2D eigenvalue weighted by Gasteiger charge is -2.05. The van der Waals surface area contributed by atoms with E-state index < -0.39 is 11.2 Å². The number of aromatic amines is 2. The van der Waals surface area contributed by atoms with Crippen LogP contribution in [-0.4, -0.2) is 19.5 Å². The summed E-state index contributed by atoms with van der Waals surface area (Å²) in [6.45, 7) is -0.00456. The number of para-hydroxylation sites is 1. The number of nitrogens with zero attached hydrogens (tertiary/aromatic N) is 2. The summed E-state index contributed by atoms with van der Waals surface area (Å²) >= 11 is 5.68. The normalized spacial score (nSPS) is 10.9. The Balaban J connectivity index is 2.11. The molecule has 8 heteroatoms. The molecule has 2 aromatic heterocycles. The fourth-order valence-electron chi connectivity index (χ4n) is 1.97. The maximum atomic E-state index is 11.9. The van der Waals surface area contributed by atoms with E-state index in [1.54, 1.807) is 24.3 Å². The van der Waals surface area contributed by atoms with E-state index >= 15 is 0 Å². The van der Waals surface area contributed by atoms with Crippen LogP contribution in [0, 0.1) is 0 Å². The lowest BCUT2D eigenvalue weighted by atomic mass is 10.2. The lowest BCUT2D eigenvalue weighted by Crippen LogP contribution is -2.30. The molecular formula is C13H9ClN4O3. The number of benzene rings is 1. The third-order valence-corrected chi connectivity index (χ3v) is 3.22. The van der Waals surface area contributed by atoms with Gasteiger partial charge >= 0.3 is 5.69 Å². The van der Waals surface area contributed by atoms with E-state index in [0.717, 1.165) is 4.57 Å². The van der Waals surface area contributed by atoms with Crippen molar-refractivity contribution in [3.8, 4) is 0 Å². The van der Waals surface area contributed by atoms with Crippen LogP contribution < -0.4 is 16.8 Å². The second kappa shape index (κ2) is 5.02. The molecule has 0 saturated carbocycles. The molecule has 2 heterocycles. The molecule has 0 radical (unpaired) electrons. The van der Waals surface area contributed by atoms with Crippen LogP contribution in [0.5, 0.6) is 0 Å². The molecule has 7 nitrogen and oxygen atoms in total. The van der Waals surface area contributed by atoms with Crippen molar-refractivity contribution in [2.24, 2.45) is 0 Å². The van der Waals surface area contributed by atoms with E-state index in [4.69, 9.17) is 11.6 Å². The Morgan fingerprint density at radius 2 is 1.86 bits per heavy atom. The minimum absolute atomic E-state index is 0.00456. The van der Waals surface area contributed by atoms with Gasteiger partial charge in [-0.1, -0.05) is 23.7 Å². The second-order valence-electron chi connectivity index (χ2n) is 4.39. The summed E-state index contributed by atoms with van der Waals surface area (Å²) in [6.07, 6.45) is 1.21. The van der Waals surface area contributed by atoms with Crippen molar-refractivity contribution in [2.75, 3.05) is 0 Å². The summed E-state index contributed by atoms with van der Waals surface area (Å²) in [5.41, 5.74) is -1.04. The Morgan fingerprint density at radius 1 is 1.10 bits per heavy atom. The molecule has 0 bridgehead atoms. The van der Waals surface area contributed by atoms with Gasteiger partial charge in [-0.15, -0.1) is 0 Å². The maximum Gasteiger partial charge on any atom is 0.328 e. The van der Waals surface area contributed by atoms with Crippen LogP contribution in [0.3, 0.4) is 0 Å². The SMILES string of the molecule is O=c1[nH]c(=O)n(Cc2nc3ccccc3c(=O)[nH]2)cc1Cl. The molecule has 0 aliphatic heterocycles. The lowest BCUT2D eigenvalue weighted by molar-refractivity contribution is 0.686. The number of hydrogen-bond acceptors (Lipinski definition) is 4. The van der Waals surface area contributed by atoms with E-state index in [2.05, 4.69) is 15.0 Å². The van der Waals surface area contributed by atoms with E-state index in [1.165, 1.54) is 6.20 Å². The molecule has 2 N–H and O–H groups in total. The summed E-state index contributed by atoms with van der Waals surface area (Å²) in [7, 11) is 0. The largest absolute Gasteiger partial charge is 0.328 e. The first-order valence-corrected chi connectivity index (χ1v) is 6.39. The molecule has 3 rings (SSSR count). The van der Waals surface area contributed by atoms with Crippen molar-refractivity contribution >= 4 is 22.5 Å². The number of aromatic nitrogens is 4. The zero-order chi connectivity index (χ0) is 15.0. The molecule has 0 spiro atoms. The summed E-state index contributed by atoms with van der Waals surface area (Å²) in [6, 6.07) is 6.87. The van der Waals surface area contributed by atoms with Gasteiger partial charge in [-0.05, 0) is 12.1 Å². The van der Waals surface area contributed by atoms with Crippen molar-refractivity contribution in [1.82, 2.24) is 19.5 Å². The minimum Gasteiger partial charge on any atom is -0.308 e. The highest BCUT2D eigenvalue weighted by Gasteiger charge is 2.07. The highest BCUT2D eigenvalue weighted by atomic mass is 35.5. The van der Waals surface area contributed by atoms with Gasteiger partial charge in [-0.25, -0.2) is 9.78 Å². The van der Waals surface area contributed by atoms with Crippen LogP contribution in [0.4, 0.5) is 0 Å². The highest BCUT2D eigenvalue weighted by Crippen LogP contribution is 2.06. The average molecular weight is 305 g/mol. The smallest absolute Gasteiger partial charge is 0.308 e. The Bertz CT molecular complexity index is 1000. The first-order valence-electron chi connectivity index (χ1n) is 6.02. The molecular weight excluding hydrogens is 296 g/mol. The van der Waals surface area contributed by atoms with Crippen LogP contribution in [0.15, 0.2) is 44.8 Å². The molecule has 0 fully saturated rings. The molecule has 0 aliphatic carbocycles. The van der Waals surface area contributed by atoms with Gasteiger partial charge < -0.3 is 4.98 Å². The van der Waals surface area contributed by atoms with Gasteiger partial charge in [0, 0.05) is 6.20 Å². The molecule has 3 aromatic rings. The van der Waals surface area contributed by atoms with Crippen molar-refractivity contribution in [2.45, 2.75) is 6.54 Å². The monoisotopic (exact) mass is 304 g/mol. The molecule has 0 atom stereocenters. The Morgan fingerprint density at radius 3 is 2.67 bits per heavy atom. The van der Waals surface area contributed by atoms with Crippen LogP contribution in [0.25, 0.3) is 10.9 Å². The third-order valence-electron chi connectivity index (χ3n) is 2.95. The predicted octanol–water partition coefficient (Wildman–Crippen LogP) is 0.475. The number of fused-ring (bicyclic) bond motifs is 1. The fraction of sp³-hybridized carbons (Fsp3) is 0.0769. The summed E-state index contributed by atoms with van der Waals surface area (Å²) in [5.74, 6) is 0.295. The van der Waals surface area contributed by atoms with Crippen LogP contribution >= 0.6 is 11.6 Å². The number of H-pyrrole nitrogens is 2. The quantitative estimate of drug-likeness (QED) is 0.719. The Labute approximate surface area is 121 Å².